The molecule has 88 valence electrons. The van der Waals surface area contributed by atoms with Crippen molar-refractivity contribution in [3.63, 3.8) is 0 Å². The quantitative estimate of drug-likeness (QED) is 0.732. The number of rotatable bonds is 3. The van der Waals surface area contributed by atoms with Gasteiger partial charge in [0.1, 0.15) is 0 Å². The Morgan fingerprint density at radius 1 is 1.12 bits per heavy atom. The summed E-state index contributed by atoms with van der Waals surface area (Å²) in [6.07, 6.45) is 5.70. The van der Waals surface area contributed by atoms with Crippen molar-refractivity contribution in [2.75, 3.05) is 0 Å². The van der Waals surface area contributed by atoms with Gasteiger partial charge in [0, 0.05) is 0 Å². The van der Waals surface area contributed by atoms with E-state index < -0.39 is 9.42 Å². The molecule has 1 aliphatic carbocycles. The molecule has 0 aromatic heterocycles. The SMILES string of the molecule is C[CH2][Mn](=[C]=O)(=[C]=O)(=[C]=O)([CH2]C)[C]1=CC=CC1. The normalized spacial score (nSPS) is 18.8. The van der Waals surface area contributed by atoms with Gasteiger partial charge in [-0.05, 0) is 0 Å². The monoisotopic (exact) mass is 262 g/mol. The van der Waals surface area contributed by atoms with E-state index in [0.717, 1.165) is 0 Å². The minimum absolute atomic E-state index is 0.150. The van der Waals surface area contributed by atoms with Crippen LogP contribution in [0.5, 0.6) is 0 Å². The van der Waals surface area contributed by atoms with E-state index in [1.807, 2.05) is 20.4 Å². The van der Waals surface area contributed by atoms with Crippen LogP contribution in [0, 0.1) is 0 Å². The first-order valence-electron chi connectivity index (χ1n) is 5.03. The summed E-state index contributed by atoms with van der Waals surface area (Å²) in [4.78, 5) is 40.1. The van der Waals surface area contributed by atoms with Crippen LogP contribution in [0.3, 0.4) is 0 Å². The second-order valence-corrected chi connectivity index (χ2v) is 12.7. The van der Waals surface area contributed by atoms with Gasteiger partial charge >= 0.3 is 91.8 Å². The number of allylic oxidation sites excluding steroid dienone is 4. The Bertz CT molecular complexity index is 661. The van der Waals surface area contributed by atoms with Crippen molar-refractivity contribution in [3.8, 4) is 0 Å². The molecule has 0 N–H and O–H groups in total. The summed E-state index contributed by atoms with van der Waals surface area (Å²) in [7, 11) is -4.90. The summed E-state index contributed by atoms with van der Waals surface area (Å²) < 4.78 is 0.571. The van der Waals surface area contributed by atoms with Crippen molar-refractivity contribution in [2.24, 2.45) is 0 Å². The van der Waals surface area contributed by atoms with Gasteiger partial charge in [-0.2, -0.15) is 0 Å². The van der Waals surface area contributed by atoms with Crippen LogP contribution in [0.1, 0.15) is 20.3 Å². The summed E-state index contributed by atoms with van der Waals surface area (Å²) >= 11 is 0. The van der Waals surface area contributed by atoms with Crippen molar-refractivity contribution in [1.29, 1.82) is 0 Å². The Kier molecular flexibility index (Phi) is 2.69. The molecule has 1 rings (SSSR count). The van der Waals surface area contributed by atoms with E-state index in [9.17, 15) is 14.4 Å². The molecule has 3 nitrogen and oxygen atoms in total. The Balaban J connectivity index is 4.32. The van der Waals surface area contributed by atoms with Crippen molar-refractivity contribution in [1.82, 2.24) is 0 Å². The minimum atomic E-state index is -4.90. The number of carbonyl (C=O) groups excluding carboxylic acids is 3. The molecule has 16 heavy (non-hydrogen) atoms. The van der Waals surface area contributed by atoms with Gasteiger partial charge in [-0.3, -0.25) is 0 Å². The van der Waals surface area contributed by atoms with Gasteiger partial charge < -0.3 is 0 Å². The zero-order valence-electron chi connectivity index (χ0n) is 9.46. The fourth-order valence-electron chi connectivity index (χ4n) is 1.89. The number of hydrogen-bond acceptors (Lipinski definition) is 3. The first-order valence-corrected chi connectivity index (χ1v) is 9.06. The molecule has 0 heterocycles. The average molecular weight is 262 g/mol. The van der Waals surface area contributed by atoms with E-state index in [2.05, 4.69) is 0 Å². The van der Waals surface area contributed by atoms with Crippen molar-refractivity contribution in [2.45, 2.75) is 30.9 Å². The van der Waals surface area contributed by atoms with E-state index in [4.69, 9.17) is 0 Å². The maximum absolute atomic E-state index is 11.5. The van der Waals surface area contributed by atoms with Gasteiger partial charge in [0.15, 0.2) is 0 Å². The predicted molar refractivity (Wildman–Crippen MR) is 59.9 cm³/mol. The summed E-state index contributed by atoms with van der Waals surface area (Å²) in [6, 6.07) is 0. The van der Waals surface area contributed by atoms with Gasteiger partial charge in [0.05, 0.1) is 0 Å². The van der Waals surface area contributed by atoms with E-state index in [0.29, 0.717) is 10.9 Å². The first kappa shape index (κ1) is 12.8. The Hall–Kier alpha value is -1.26. The molecule has 0 fully saturated rings. The molecule has 0 saturated heterocycles. The van der Waals surface area contributed by atoms with Crippen LogP contribution < -0.4 is 0 Å². The third-order valence-corrected chi connectivity index (χ3v) is 12.8. The van der Waals surface area contributed by atoms with Crippen LogP contribution in [-0.2, 0) is 23.8 Å². The third-order valence-electron chi connectivity index (χ3n) is 3.55. The molecule has 0 spiro atoms. The van der Waals surface area contributed by atoms with Gasteiger partial charge in [0.25, 0.3) is 0 Å². The van der Waals surface area contributed by atoms with Crippen LogP contribution in [0.4, 0.5) is 0 Å². The third kappa shape index (κ3) is 1.06. The predicted octanol–water partition coefficient (Wildman–Crippen LogP) is 2.13. The Morgan fingerprint density at radius 2 is 1.62 bits per heavy atom. The van der Waals surface area contributed by atoms with Gasteiger partial charge in [-0.1, -0.05) is 0 Å². The molecule has 1 aliphatic rings. The standard InChI is InChI=1S/C5H5.2C2H5.3CO.Mn/c1-2-4-5-3-1;5*1-2;/h1-3H,4H2;2*1H2,2H3;;;;. The average Bonchev–Trinajstić information content (AvgIpc) is 2.91. The molecular weight excluding hydrogens is 247 g/mol. The van der Waals surface area contributed by atoms with Crippen molar-refractivity contribution in [3.05, 3.63) is 22.7 Å². The van der Waals surface area contributed by atoms with Crippen molar-refractivity contribution >= 4 is 14.4 Å². The van der Waals surface area contributed by atoms with E-state index in [1.54, 1.807) is 26.0 Å². The molecular formula is C12H15MnO3. The molecule has 0 radical (unpaired) electrons. The van der Waals surface area contributed by atoms with E-state index in [1.165, 1.54) is 0 Å². The second-order valence-electron chi connectivity index (χ2n) is 3.84. The molecule has 0 amide bonds. The van der Waals surface area contributed by atoms with Gasteiger partial charge in [0.2, 0.25) is 0 Å². The molecule has 0 aromatic rings. The molecule has 0 atom stereocenters. The van der Waals surface area contributed by atoms with Crippen molar-refractivity contribution < 1.29 is 23.8 Å². The molecule has 0 bridgehead atoms. The van der Waals surface area contributed by atoms with Crippen LogP contribution >= 0.6 is 0 Å². The topological polar surface area (TPSA) is 51.2 Å². The van der Waals surface area contributed by atoms with Gasteiger partial charge in [-0.15, -0.1) is 0 Å². The molecule has 0 unspecified atom stereocenters. The summed E-state index contributed by atoms with van der Waals surface area (Å²) in [5, 5.41) is 0.300. The van der Waals surface area contributed by atoms with E-state index in [-0.39, 0.29) is 10.6 Å². The van der Waals surface area contributed by atoms with Crippen LogP contribution in [0.25, 0.3) is 0 Å². The fraction of sp³-hybridized carbons (Fsp3) is 0.417. The van der Waals surface area contributed by atoms with E-state index >= 15 is 0 Å². The zero-order chi connectivity index (χ0) is 12.3. The molecule has 4 heteroatoms. The fourth-order valence-corrected chi connectivity index (χ4v) is 6.71. The molecule has 0 aromatic carbocycles. The summed E-state index contributed by atoms with van der Waals surface area (Å²) in [6.45, 7) is 3.35. The van der Waals surface area contributed by atoms with Crippen LogP contribution in [0.15, 0.2) is 22.7 Å². The molecule has 0 saturated carbocycles. The second kappa shape index (κ2) is 3.37. The summed E-state index contributed by atoms with van der Waals surface area (Å²) in [5.74, 6) is 0. The Morgan fingerprint density at radius 3 is 1.88 bits per heavy atom. The number of hydrogen-bond donors (Lipinski definition) is 0. The van der Waals surface area contributed by atoms with Crippen LogP contribution in [0.2, 0.25) is 10.6 Å². The molecule has 0 aliphatic heterocycles. The zero-order valence-corrected chi connectivity index (χ0v) is 10.6. The first-order chi connectivity index (χ1) is 7.53. The van der Waals surface area contributed by atoms with Crippen LogP contribution in [-0.4, -0.2) is 14.4 Å². The summed E-state index contributed by atoms with van der Waals surface area (Å²) in [5.41, 5.74) is 0. The Labute approximate surface area is 92.0 Å². The van der Waals surface area contributed by atoms with Gasteiger partial charge in [-0.25, -0.2) is 0 Å². The maximum atomic E-state index is 11.5.